The van der Waals surface area contributed by atoms with Crippen molar-refractivity contribution in [2.45, 2.75) is 13.8 Å². The van der Waals surface area contributed by atoms with Crippen LogP contribution in [-0.4, -0.2) is 35.2 Å². The minimum absolute atomic E-state index is 0.330. The summed E-state index contributed by atoms with van der Waals surface area (Å²) >= 11 is 0. The molecule has 0 unspecified atom stereocenters. The maximum atomic E-state index is 5.39. The highest BCUT2D eigenvalue weighted by Crippen LogP contribution is 2.21. The number of ether oxygens (including phenoxy) is 1. The summed E-state index contributed by atoms with van der Waals surface area (Å²) in [7, 11) is 1.91. The first-order valence-corrected chi connectivity index (χ1v) is 6.66. The Morgan fingerprint density at radius 3 is 2.50 bits per heavy atom. The largest absolute Gasteiger partial charge is 0.464 e. The highest BCUT2D eigenvalue weighted by Gasteiger charge is 2.12. The van der Waals surface area contributed by atoms with Crippen LogP contribution in [0.5, 0.6) is 6.01 Å². The Morgan fingerprint density at radius 1 is 1.10 bits per heavy atom. The standard InChI is InChI=1S/C14H19N5O/c1-4-15-12-16-13(18-14(17-12)20-5-2)19(3)11-9-7-6-8-10-11/h6-10H,4-5H2,1-3H3,(H,15,16,17,18). The van der Waals surface area contributed by atoms with E-state index in [0.29, 0.717) is 24.5 Å². The van der Waals surface area contributed by atoms with Gasteiger partial charge in [0.1, 0.15) is 0 Å². The second-order valence-corrected chi connectivity index (χ2v) is 4.10. The zero-order valence-electron chi connectivity index (χ0n) is 12.0. The predicted molar refractivity (Wildman–Crippen MR) is 79.7 cm³/mol. The number of benzene rings is 1. The molecule has 20 heavy (non-hydrogen) atoms. The van der Waals surface area contributed by atoms with Crippen LogP contribution in [0.25, 0.3) is 0 Å². The van der Waals surface area contributed by atoms with E-state index in [9.17, 15) is 0 Å². The van der Waals surface area contributed by atoms with Crippen molar-refractivity contribution in [2.75, 3.05) is 30.4 Å². The normalized spacial score (nSPS) is 10.2. The van der Waals surface area contributed by atoms with Crippen LogP contribution in [0.2, 0.25) is 0 Å². The van der Waals surface area contributed by atoms with Gasteiger partial charge in [0, 0.05) is 19.3 Å². The Hall–Kier alpha value is -2.37. The molecule has 0 amide bonds. The van der Waals surface area contributed by atoms with Gasteiger partial charge in [0.05, 0.1) is 6.61 Å². The molecule has 0 aliphatic carbocycles. The van der Waals surface area contributed by atoms with Crippen molar-refractivity contribution in [2.24, 2.45) is 0 Å². The predicted octanol–water partition coefficient (Wildman–Crippen LogP) is 2.47. The number of nitrogens with zero attached hydrogens (tertiary/aromatic N) is 4. The van der Waals surface area contributed by atoms with E-state index < -0.39 is 0 Å². The molecule has 0 aliphatic rings. The quantitative estimate of drug-likeness (QED) is 0.872. The topological polar surface area (TPSA) is 63.2 Å². The summed E-state index contributed by atoms with van der Waals surface area (Å²) in [4.78, 5) is 14.8. The maximum Gasteiger partial charge on any atom is 0.323 e. The lowest BCUT2D eigenvalue weighted by molar-refractivity contribution is 0.312. The lowest BCUT2D eigenvalue weighted by Gasteiger charge is -2.18. The number of anilines is 3. The summed E-state index contributed by atoms with van der Waals surface area (Å²) in [6, 6.07) is 10.2. The van der Waals surface area contributed by atoms with Crippen LogP contribution < -0.4 is 15.0 Å². The van der Waals surface area contributed by atoms with E-state index in [1.165, 1.54) is 0 Å². The van der Waals surface area contributed by atoms with Gasteiger partial charge in [0.15, 0.2) is 0 Å². The smallest absolute Gasteiger partial charge is 0.323 e. The van der Waals surface area contributed by atoms with Gasteiger partial charge in [-0.15, -0.1) is 0 Å². The van der Waals surface area contributed by atoms with Crippen LogP contribution >= 0.6 is 0 Å². The highest BCUT2D eigenvalue weighted by atomic mass is 16.5. The SMILES string of the molecule is CCNc1nc(OCC)nc(N(C)c2ccccc2)n1. The molecule has 106 valence electrons. The summed E-state index contributed by atoms with van der Waals surface area (Å²) < 4.78 is 5.39. The molecular weight excluding hydrogens is 254 g/mol. The first-order valence-electron chi connectivity index (χ1n) is 6.66. The molecule has 6 heteroatoms. The summed E-state index contributed by atoms with van der Waals surface area (Å²) in [5.74, 6) is 1.06. The second kappa shape index (κ2) is 6.70. The fraction of sp³-hybridized carbons (Fsp3) is 0.357. The van der Waals surface area contributed by atoms with E-state index in [4.69, 9.17) is 4.74 Å². The van der Waals surface area contributed by atoms with E-state index >= 15 is 0 Å². The molecule has 0 atom stereocenters. The molecule has 0 bridgehead atoms. The number of nitrogens with one attached hydrogen (secondary N) is 1. The van der Waals surface area contributed by atoms with E-state index in [0.717, 1.165) is 12.2 Å². The second-order valence-electron chi connectivity index (χ2n) is 4.10. The summed E-state index contributed by atoms with van der Waals surface area (Å²) in [5, 5.41) is 3.08. The summed E-state index contributed by atoms with van der Waals surface area (Å²) in [5.41, 5.74) is 1.00. The maximum absolute atomic E-state index is 5.39. The zero-order valence-corrected chi connectivity index (χ0v) is 12.0. The van der Waals surface area contributed by atoms with Crippen molar-refractivity contribution >= 4 is 17.6 Å². The zero-order chi connectivity index (χ0) is 14.4. The van der Waals surface area contributed by atoms with Crippen LogP contribution in [0.1, 0.15) is 13.8 Å². The number of hydrogen-bond acceptors (Lipinski definition) is 6. The minimum Gasteiger partial charge on any atom is -0.464 e. The number of hydrogen-bond donors (Lipinski definition) is 1. The molecule has 2 aromatic rings. The number of aromatic nitrogens is 3. The van der Waals surface area contributed by atoms with Crippen molar-refractivity contribution < 1.29 is 4.74 Å². The van der Waals surface area contributed by atoms with Gasteiger partial charge in [0.25, 0.3) is 0 Å². The molecular formula is C14H19N5O. The summed E-state index contributed by atoms with van der Waals surface area (Å²) in [6.45, 7) is 5.15. The average Bonchev–Trinajstić information content (AvgIpc) is 2.48. The minimum atomic E-state index is 0.330. The fourth-order valence-corrected chi connectivity index (χ4v) is 1.69. The fourth-order valence-electron chi connectivity index (χ4n) is 1.69. The molecule has 0 fully saturated rings. The third kappa shape index (κ3) is 3.34. The molecule has 1 N–H and O–H groups in total. The Kier molecular flexibility index (Phi) is 4.70. The lowest BCUT2D eigenvalue weighted by Crippen LogP contribution is -2.16. The van der Waals surface area contributed by atoms with Gasteiger partial charge < -0.3 is 15.0 Å². The van der Waals surface area contributed by atoms with E-state index in [1.807, 2.05) is 56.1 Å². The average molecular weight is 273 g/mol. The van der Waals surface area contributed by atoms with Gasteiger partial charge in [-0.25, -0.2) is 0 Å². The first-order chi connectivity index (χ1) is 9.74. The highest BCUT2D eigenvalue weighted by molar-refractivity contribution is 5.56. The van der Waals surface area contributed by atoms with Crippen LogP contribution in [0.3, 0.4) is 0 Å². The Balaban J connectivity index is 2.34. The van der Waals surface area contributed by atoms with Crippen molar-refractivity contribution in [1.29, 1.82) is 0 Å². The van der Waals surface area contributed by atoms with Crippen LogP contribution in [0.15, 0.2) is 30.3 Å². The van der Waals surface area contributed by atoms with Gasteiger partial charge in [-0.05, 0) is 26.0 Å². The first kappa shape index (κ1) is 14.0. The molecule has 0 radical (unpaired) electrons. The van der Waals surface area contributed by atoms with Crippen molar-refractivity contribution in [3.63, 3.8) is 0 Å². The van der Waals surface area contributed by atoms with Crippen LogP contribution in [0, 0.1) is 0 Å². The number of para-hydroxylation sites is 1. The third-order valence-corrected chi connectivity index (χ3v) is 2.65. The molecule has 6 nitrogen and oxygen atoms in total. The van der Waals surface area contributed by atoms with Crippen LogP contribution in [0.4, 0.5) is 17.6 Å². The van der Waals surface area contributed by atoms with E-state index in [-0.39, 0.29) is 0 Å². The van der Waals surface area contributed by atoms with Gasteiger partial charge in [-0.2, -0.15) is 15.0 Å². The number of rotatable bonds is 6. The molecule has 0 saturated heterocycles. The lowest BCUT2D eigenvalue weighted by atomic mass is 10.3. The van der Waals surface area contributed by atoms with Gasteiger partial charge in [0.2, 0.25) is 11.9 Å². The van der Waals surface area contributed by atoms with Crippen LogP contribution in [-0.2, 0) is 0 Å². The van der Waals surface area contributed by atoms with Crippen molar-refractivity contribution in [3.05, 3.63) is 30.3 Å². The van der Waals surface area contributed by atoms with Gasteiger partial charge in [-0.3, -0.25) is 0 Å². The monoisotopic (exact) mass is 273 g/mol. The van der Waals surface area contributed by atoms with Gasteiger partial charge >= 0.3 is 6.01 Å². The Bertz CT molecular complexity index is 522. The van der Waals surface area contributed by atoms with Crippen molar-refractivity contribution in [1.82, 2.24) is 15.0 Å². The summed E-state index contributed by atoms with van der Waals surface area (Å²) in [6.07, 6.45) is 0. The Morgan fingerprint density at radius 2 is 1.85 bits per heavy atom. The van der Waals surface area contributed by atoms with E-state index in [1.54, 1.807) is 0 Å². The molecule has 0 saturated carbocycles. The molecule has 0 spiro atoms. The molecule has 1 heterocycles. The molecule has 2 rings (SSSR count). The van der Waals surface area contributed by atoms with Crippen molar-refractivity contribution in [3.8, 4) is 6.01 Å². The molecule has 0 aliphatic heterocycles. The Labute approximate surface area is 118 Å². The third-order valence-electron chi connectivity index (χ3n) is 2.65. The molecule has 1 aromatic heterocycles. The molecule has 1 aromatic carbocycles. The van der Waals surface area contributed by atoms with Gasteiger partial charge in [-0.1, -0.05) is 18.2 Å². The van der Waals surface area contributed by atoms with E-state index in [2.05, 4.69) is 20.3 Å².